The summed E-state index contributed by atoms with van der Waals surface area (Å²) in [5.41, 5.74) is 0.829. The molecule has 4 rings (SSSR count). The van der Waals surface area contributed by atoms with Crippen LogP contribution in [0, 0.1) is 0 Å². The summed E-state index contributed by atoms with van der Waals surface area (Å²) in [4.78, 5) is 26.0. The first-order valence-corrected chi connectivity index (χ1v) is 10.0. The standard InChI is InChI=1S/C20H21F3N8O2/c1-10(2)31-7-6-11-8-12(24-9-14(11)31)17-27-18(29-28-17)26-15-5-4-13(30(3)19(32)33)16(25-15)20(21,22)23/h4-5,8-10H,6-7H2,1-3H3,(H,32,33)(H2,25,26,27,28,29). The molecule has 0 saturated carbocycles. The van der Waals surface area contributed by atoms with Gasteiger partial charge in [-0.05, 0) is 44.0 Å². The Morgan fingerprint density at radius 1 is 1.30 bits per heavy atom. The number of carbonyl (C=O) groups is 1. The Morgan fingerprint density at radius 2 is 2.06 bits per heavy atom. The van der Waals surface area contributed by atoms with Crippen LogP contribution in [0.15, 0.2) is 24.4 Å². The van der Waals surface area contributed by atoms with Gasteiger partial charge in [0.2, 0.25) is 5.95 Å². The Bertz CT molecular complexity index is 1190. The third kappa shape index (κ3) is 4.38. The van der Waals surface area contributed by atoms with Crippen molar-refractivity contribution in [2.45, 2.75) is 32.5 Å². The van der Waals surface area contributed by atoms with Gasteiger partial charge in [-0.1, -0.05) is 0 Å². The van der Waals surface area contributed by atoms with Crippen LogP contribution in [0.2, 0.25) is 0 Å². The fraction of sp³-hybridized carbons (Fsp3) is 0.350. The Balaban J connectivity index is 1.58. The van der Waals surface area contributed by atoms with Crippen LogP contribution in [0.25, 0.3) is 11.5 Å². The topological polar surface area (TPSA) is 123 Å². The minimum atomic E-state index is -4.86. The van der Waals surface area contributed by atoms with Gasteiger partial charge < -0.3 is 15.3 Å². The molecule has 1 aliphatic heterocycles. The number of nitrogens with zero attached hydrogens (tertiary/aromatic N) is 6. The number of alkyl halides is 3. The largest absolute Gasteiger partial charge is 0.465 e. The van der Waals surface area contributed by atoms with Gasteiger partial charge in [0.1, 0.15) is 11.5 Å². The van der Waals surface area contributed by atoms with Crippen molar-refractivity contribution in [1.29, 1.82) is 0 Å². The molecule has 0 radical (unpaired) electrons. The van der Waals surface area contributed by atoms with E-state index in [1.165, 1.54) is 6.07 Å². The molecule has 1 aliphatic rings. The number of halogens is 3. The zero-order valence-corrected chi connectivity index (χ0v) is 18.0. The van der Waals surface area contributed by atoms with E-state index in [-0.39, 0.29) is 11.8 Å². The minimum Gasteiger partial charge on any atom is -0.465 e. The van der Waals surface area contributed by atoms with Gasteiger partial charge in [0.05, 0.1) is 17.6 Å². The van der Waals surface area contributed by atoms with E-state index >= 15 is 0 Å². The predicted molar refractivity (Wildman–Crippen MR) is 115 cm³/mol. The molecule has 13 heteroatoms. The number of H-pyrrole nitrogens is 1. The van der Waals surface area contributed by atoms with E-state index in [9.17, 15) is 18.0 Å². The van der Waals surface area contributed by atoms with Crippen LogP contribution in [0.4, 0.5) is 41.1 Å². The van der Waals surface area contributed by atoms with E-state index < -0.39 is 23.7 Å². The molecule has 0 unspecified atom stereocenters. The molecule has 0 saturated heterocycles. The van der Waals surface area contributed by atoms with E-state index in [1.807, 2.05) is 6.07 Å². The van der Waals surface area contributed by atoms with Crippen molar-refractivity contribution in [1.82, 2.24) is 25.1 Å². The molecule has 3 N–H and O–H groups in total. The lowest BCUT2D eigenvalue weighted by Crippen LogP contribution is -2.28. The highest BCUT2D eigenvalue weighted by Gasteiger charge is 2.38. The molecule has 3 aromatic rings. The molecule has 4 heterocycles. The van der Waals surface area contributed by atoms with E-state index in [0.29, 0.717) is 22.5 Å². The van der Waals surface area contributed by atoms with Gasteiger partial charge in [0.15, 0.2) is 11.5 Å². The Kier molecular flexibility index (Phi) is 5.56. The first-order chi connectivity index (χ1) is 15.5. The number of hydrogen-bond acceptors (Lipinski definition) is 7. The second-order valence-corrected chi connectivity index (χ2v) is 7.77. The highest BCUT2D eigenvalue weighted by molar-refractivity contribution is 5.86. The smallest absolute Gasteiger partial charge is 0.435 e. The third-order valence-electron chi connectivity index (χ3n) is 5.28. The van der Waals surface area contributed by atoms with E-state index in [4.69, 9.17) is 5.11 Å². The van der Waals surface area contributed by atoms with Crippen LogP contribution in [0.5, 0.6) is 0 Å². The van der Waals surface area contributed by atoms with Gasteiger partial charge in [-0.2, -0.15) is 18.2 Å². The maximum Gasteiger partial charge on any atom is 0.435 e. The van der Waals surface area contributed by atoms with Gasteiger partial charge in [0.25, 0.3) is 0 Å². The summed E-state index contributed by atoms with van der Waals surface area (Å²) in [7, 11) is 1.01. The summed E-state index contributed by atoms with van der Waals surface area (Å²) in [5.74, 6) is 0.155. The summed E-state index contributed by atoms with van der Waals surface area (Å²) < 4.78 is 40.3. The van der Waals surface area contributed by atoms with Gasteiger partial charge in [-0.15, -0.1) is 5.10 Å². The number of hydrogen-bond donors (Lipinski definition) is 3. The summed E-state index contributed by atoms with van der Waals surface area (Å²) in [6.45, 7) is 5.13. The molecule has 0 spiro atoms. The molecule has 0 aromatic carbocycles. The number of aromatic nitrogens is 5. The minimum absolute atomic E-state index is 0.00364. The quantitative estimate of drug-likeness (QED) is 0.522. The van der Waals surface area contributed by atoms with Crippen molar-refractivity contribution in [3.8, 4) is 11.5 Å². The van der Waals surface area contributed by atoms with Crippen molar-refractivity contribution in [2.75, 3.05) is 28.7 Å². The molecule has 1 amide bonds. The van der Waals surface area contributed by atoms with Crippen LogP contribution in [0.1, 0.15) is 25.1 Å². The SMILES string of the molecule is CC(C)N1CCc2cc(-c3nc(Nc4ccc(N(C)C(=O)O)c(C(F)(F)F)n4)n[nH]3)ncc21. The number of anilines is 4. The maximum atomic E-state index is 13.4. The lowest BCUT2D eigenvalue weighted by Gasteiger charge is -2.23. The van der Waals surface area contributed by atoms with Gasteiger partial charge >= 0.3 is 12.3 Å². The molecule has 0 aliphatic carbocycles. The highest BCUT2D eigenvalue weighted by atomic mass is 19.4. The van der Waals surface area contributed by atoms with E-state index in [2.05, 4.69) is 49.2 Å². The van der Waals surface area contributed by atoms with Crippen molar-refractivity contribution in [2.24, 2.45) is 0 Å². The van der Waals surface area contributed by atoms with Crippen molar-refractivity contribution in [3.63, 3.8) is 0 Å². The average Bonchev–Trinajstić information content (AvgIpc) is 3.39. The van der Waals surface area contributed by atoms with Crippen LogP contribution < -0.4 is 15.1 Å². The molecule has 0 fully saturated rings. The summed E-state index contributed by atoms with van der Waals surface area (Å²) in [6.07, 6.45) is -3.75. The first-order valence-electron chi connectivity index (χ1n) is 10.0. The molecular formula is C20H21F3N8O2. The van der Waals surface area contributed by atoms with E-state index in [0.717, 1.165) is 37.3 Å². The maximum absolute atomic E-state index is 13.4. The summed E-state index contributed by atoms with van der Waals surface area (Å²) in [5, 5.41) is 18.3. The number of fused-ring (bicyclic) bond motifs is 1. The van der Waals surface area contributed by atoms with Crippen LogP contribution in [-0.2, 0) is 12.6 Å². The van der Waals surface area contributed by atoms with Gasteiger partial charge in [-0.25, -0.2) is 9.78 Å². The number of carboxylic acid groups (broad SMARTS) is 1. The van der Waals surface area contributed by atoms with Crippen molar-refractivity contribution < 1.29 is 23.1 Å². The highest BCUT2D eigenvalue weighted by Crippen LogP contribution is 2.36. The number of pyridine rings is 2. The number of nitrogens with one attached hydrogen (secondary N) is 2. The summed E-state index contributed by atoms with van der Waals surface area (Å²) in [6, 6.07) is 4.51. The number of aromatic amines is 1. The average molecular weight is 462 g/mol. The molecule has 0 atom stereocenters. The lowest BCUT2D eigenvalue weighted by molar-refractivity contribution is -0.140. The fourth-order valence-corrected chi connectivity index (χ4v) is 3.63. The van der Waals surface area contributed by atoms with Crippen molar-refractivity contribution >= 4 is 29.2 Å². The zero-order chi connectivity index (χ0) is 23.9. The normalized spacial score (nSPS) is 13.4. The van der Waals surface area contributed by atoms with Gasteiger partial charge in [-0.3, -0.25) is 15.0 Å². The summed E-state index contributed by atoms with van der Waals surface area (Å²) >= 11 is 0. The Hall–Kier alpha value is -3.90. The molecule has 3 aromatic heterocycles. The Morgan fingerprint density at radius 3 is 2.73 bits per heavy atom. The number of rotatable bonds is 5. The van der Waals surface area contributed by atoms with Crippen molar-refractivity contribution in [3.05, 3.63) is 35.7 Å². The van der Waals surface area contributed by atoms with Crippen LogP contribution in [0.3, 0.4) is 0 Å². The van der Waals surface area contributed by atoms with Gasteiger partial charge in [0, 0.05) is 19.6 Å². The molecule has 33 heavy (non-hydrogen) atoms. The monoisotopic (exact) mass is 462 g/mol. The second-order valence-electron chi connectivity index (χ2n) is 7.77. The Labute approximate surface area is 186 Å². The molecular weight excluding hydrogens is 441 g/mol. The molecule has 0 bridgehead atoms. The van der Waals surface area contributed by atoms with E-state index in [1.54, 1.807) is 6.20 Å². The second kappa shape index (κ2) is 8.22. The zero-order valence-electron chi connectivity index (χ0n) is 18.0. The molecule has 174 valence electrons. The fourth-order valence-electron chi connectivity index (χ4n) is 3.63. The number of amides is 1. The van der Waals surface area contributed by atoms with Crippen LogP contribution >= 0.6 is 0 Å². The van der Waals surface area contributed by atoms with Crippen LogP contribution in [-0.4, -0.2) is 56.0 Å². The molecule has 10 nitrogen and oxygen atoms in total. The lowest BCUT2D eigenvalue weighted by atomic mass is 10.2. The predicted octanol–water partition coefficient (Wildman–Crippen LogP) is 3.91. The third-order valence-corrected chi connectivity index (χ3v) is 5.28. The first kappa shape index (κ1) is 22.3.